The number of carbonyl (C=O) groups excluding carboxylic acids is 3. The lowest BCUT2D eigenvalue weighted by Gasteiger charge is -2.30. The topological polar surface area (TPSA) is 136 Å². The van der Waals surface area contributed by atoms with Gasteiger partial charge >= 0.3 is 23.2 Å². The average molecular weight is 445 g/mol. The van der Waals surface area contributed by atoms with Crippen LogP contribution in [-0.2, 0) is 33.9 Å². The van der Waals surface area contributed by atoms with E-state index in [0.29, 0.717) is 0 Å². The molecule has 0 amide bonds. The van der Waals surface area contributed by atoms with Crippen LogP contribution in [-0.4, -0.2) is 54.9 Å². The molecule has 2 bridgehead atoms. The van der Waals surface area contributed by atoms with Crippen molar-refractivity contribution < 1.29 is 50.3 Å². The van der Waals surface area contributed by atoms with E-state index in [1.54, 1.807) is 18.2 Å². The molecule has 3 fully saturated rings. The van der Waals surface area contributed by atoms with Gasteiger partial charge in [-0.1, -0.05) is 18.2 Å². The standard InChI is InChI=1S/C18H16F2O9S/c19-18(20,30(24,25)26)7-27-16(22)11-9-6-10-12(11)17(23)29-14(10)13(9)28-15(21)8-4-2-1-3-5-8/h1-5,9-14H,6-7H2,(H,24,25,26)/p-1. The SMILES string of the molecule is O=C(OC1C2CC3C1OC(=O)C3C2C(=O)OCC(F)(F)S(=O)(=O)[O-])c1ccccc1. The van der Waals surface area contributed by atoms with Gasteiger partial charge in [-0.2, -0.15) is 8.78 Å². The predicted octanol–water partition coefficient (Wildman–Crippen LogP) is 0.701. The van der Waals surface area contributed by atoms with Crippen LogP contribution in [0.1, 0.15) is 16.8 Å². The number of halogens is 2. The van der Waals surface area contributed by atoms with E-state index >= 15 is 0 Å². The van der Waals surface area contributed by atoms with Gasteiger partial charge in [0.25, 0.3) is 0 Å². The summed E-state index contributed by atoms with van der Waals surface area (Å²) in [5.74, 6) is -6.11. The molecule has 3 aliphatic rings. The van der Waals surface area contributed by atoms with E-state index in [-0.39, 0.29) is 12.0 Å². The molecule has 162 valence electrons. The third-order valence-corrected chi connectivity index (χ3v) is 6.67. The summed E-state index contributed by atoms with van der Waals surface area (Å²) in [4.78, 5) is 37.0. The quantitative estimate of drug-likeness (QED) is 0.352. The third-order valence-electron chi connectivity index (χ3n) is 5.82. The molecule has 2 aliphatic carbocycles. The zero-order valence-corrected chi connectivity index (χ0v) is 15.9. The van der Waals surface area contributed by atoms with Gasteiger partial charge in [-0.05, 0) is 18.6 Å². The summed E-state index contributed by atoms with van der Waals surface area (Å²) >= 11 is 0. The smallest absolute Gasteiger partial charge is 0.367 e. The van der Waals surface area contributed by atoms with Crippen molar-refractivity contribution in [2.75, 3.05) is 6.61 Å². The second-order valence-electron chi connectivity index (χ2n) is 7.45. The van der Waals surface area contributed by atoms with Crippen molar-refractivity contribution in [2.24, 2.45) is 23.7 Å². The lowest BCUT2D eigenvalue weighted by Crippen LogP contribution is -2.44. The van der Waals surface area contributed by atoms with Gasteiger partial charge in [0.2, 0.25) is 0 Å². The second-order valence-corrected chi connectivity index (χ2v) is 8.96. The van der Waals surface area contributed by atoms with Crippen molar-refractivity contribution >= 4 is 28.0 Å². The molecule has 6 unspecified atom stereocenters. The maximum atomic E-state index is 13.3. The van der Waals surface area contributed by atoms with Crippen LogP contribution in [0, 0.1) is 23.7 Å². The van der Waals surface area contributed by atoms with Gasteiger partial charge in [0.05, 0.1) is 17.4 Å². The number of rotatable bonds is 6. The van der Waals surface area contributed by atoms with Crippen LogP contribution in [0.4, 0.5) is 8.78 Å². The first-order valence-electron chi connectivity index (χ1n) is 8.97. The van der Waals surface area contributed by atoms with Crippen molar-refractivity contribution in [1.82, 2.24) is 0 Å². The van der Waals surface area contributed by atoms with E-state index in [2.05, 4.69) is 4.74 Å². The molecule has 4 rings (SSSR count). The summed E-state index contributed by atoms with van der Waals surface area (Å²) in [6.07, 6.45) is -1.47. The maximum absolute atomic E-state index is 13.3. The van der Waals surface area contributed by atoms with E-state index in [9.17, 15) is 36.1 Å². The molecule has 1 saturated heterocycles. The third kappa shape index (κ3) is 3.23. The number of alkyl halides is 2. The molecule has 0 radical (unpaired) electrons. The summed E-state index contributed by atoms with van der Waals surface area (Å²) in [6, 6.07) is 7.95. The Bertz CT molecular complexity index is 994. The molecule has 0 aromatic heterocycles. The van der Waals surface area contributed by atoms with E-state index in [1.807, 2.05) is 0 Å². The molecular weight excluding hydrogens is 430 g/mol. The Morgan fingerprint density at radius 2 is 1.87 bits per heavy atom. The van der Waals surface area contributed by atoms with Gasteiger partial charge in [-0.15, -0.1) is 0 Å². The molecule has 2 saturated carbocycles. The van der Waals surface area contributed by atoms with Crippen LogP contribution in [0.5, 0.6) is 0 Å². The second kappa shape index (κ2) is 6.98. The van der Waals surface area contributed by atoms with Crippen LogP contribution >= 0.6 is 0 Å². The Morgan fingerprint density at radius 1 is 1.20 bits per heavy atom. The van der Waals surface area contributed by atoms with Crippen molar-refractivity contribution in [1.29, 1.82) is 0 Å². The fourth-order valence-corrected chi connectivity index (χ4v) is 4.76. The Kier molecular flexibility index (Phi) is 4.81. The number of benzene rings is 1. The number of esters is 3. The Hall–Kier alpha value is -2.60. The minimum absolute atomic E-state index is 0.237. The highest BCUT2D eigenvalue weighted by molar-refractivity contribution is 7.86. The lowest BCUT2D eigenvalue weighted by atomic mass is 9.78. The number of hydrogen-bond donors (Lipinski definition) is 0. The monoisotopic (exact) mass is 445 g/mol. The molecule has 30 heavy (non-hydrogen) atoms. The Labute approximate surface area is 169 Å². The molecule has 12 heteroatoms. The minimum atomic E-state index is -6.03. The molecule has 1 aliphatic heterocycles. The molecule has 1 aromatic carbocycles. The minimum Gasteiger partial charge on any atom is -0.743 e. The molecule has 9 nitrogen and oxygen atoms in total. The normalized spacial score (nSPS) is 32.0. The van der Waals surface area contributed by atoms with Gasteiger partial charge in [0, 0.05) is 11.8 Å². The predicted molar refractivity (Wildman–Crippen MR) is 89.7 cm³/mol. The molecule has 0 spiro atoms. The highest BCUT2D eigenvalue weighted by Gasteiger charge is 2.70. The lowest BCUT2D eigenvalue weighted by molar-refractivity contribution is -0.161. The van der Waals surface area contributed by atoms with Crippen molar-refractivity contribution in [3.8, 4) is 0 Å². The molecule has 1 heterocycles. The van der Waals surface area contributed by atoms with Crippen LogP contribution in [0.2, 0.25) is 0 Å². The Balaban J connectivity index is 1.51. The zero-order chi connectivity index (χ0) is 21.8. The Morgan fingerprint density at radius 3 is 2.50 bits per heavy atom. The first-order valence-corrected chi connectivity index (χ1v) is 10.4. The molecular formula is C18H15F2O9S-. The fourth-order valence-electron chi connectivity index (χ4n) is 4.56. The zero-order valence-electron chi connectivity index (χ0n) is 15.1. The first kappa shape index (κ1) is 20.7. The van der Waals surface area contributed by atoms with Gasteiger partial charge in [-0.3, -0.25) is 9.59 Å². The van der Waals surface area contributed by atoms with Crippen molar-refractivity contribution in [3.63, 3.8) is 0 Å². The van der Waals surface area contributed by atoms with E-state index in [1.165, 1.54) is 12.1 Å². The first-order chi connectivity index (χ1) is 14.0. The van der Waals surface area contributed by atoms with E-state index in [4.69, 9.17) is 9.47 Å². The number of hydrogen-bond acceptors (Lipinski definition) is 9. The summed E-state index contributed by atoms with van der Waals surface area (Å²) in [6.45, 7) is -1.97. The summed E-state index contributed by atoms with van der Waals surface area (Å²) < 4.78 is 73.5. The highest BCUT2D eigenvalue weighted by Crippen LogP contribution is 2.59. The molecule has 1 aromatic rings. The van der Waals surface area contributed by atoms with Crippen LogP contribution in [0.3, 0.4) is 0 Å². The van der Waals surface area contributed by atoms with Crippen LogP contribution < -0.4 is 0 Å². The summed E-state index contributed by atoms with van der Waals surface area (Å²) in [5, 5.41) is -4.81. The summed E-state index contributed by atoms with van der Waals surface area (Å²) in [5.41, 5.74) is 0.237. The van der Waals surface area contributed by atoms with Gasteiger partial charge in [0.1, 0.15) is 12.2 Å². The van der Waals surface area contributed by atoms with Crippen LogP contribution in [0.15, 0.2) is 30.3 Å². The number of ether oxygens (including phenoxy) is 3. The summed E-state index contributed by atoms with van der Waals surface area (Å²) in [7, 11) is -6.03. The van der Waals surface area contributed by atoms with Gasteiger partial charge < -0.3 is 18.8 Å². The van der Waals surface area contributed by atoms with Crippen molar-refractivity contribution in [3.05, 3.63) is 35.9 Å². The largest absolute Gasteiger partial charge is 0.743 e. The maximum Gasteiger partial charge on any atom is 0.367 e. The van der Waals surface area contributed by atoms with Crippen LogP contribution in [0.25, 0.3) is 0 Å². The fraction of sp³-hybridized carbons (Fsp3) is 0.500. The van der Waals surface area contributed by atoms with E-state index in [0.717, 1.165) is 0 Å². The molecule has 6 atom stereocenters. The highest BCUT2D eigenvalue weighted by atomic mass is 32.2. The number of carbonyl (C=O) groups is 3. The van der Waals surface area contributed by atoms with Gasteiger partial charge in [0.15, 0.2) is 16.7 Å². The van der Waals surface area contributed by atoms with E-state index < -0.39 is 75.8 Å². The van der Waals surface area contributed by atoms with Gasteiger partial charge in [-0.25, -0.2) is 13.2 Å². The molecule has 0 N–H and O–H groups in total. The number of fused-ring (bicyclic) bond motifs is 1. The average Bonchev–Trinajstić information content (AvgIpc) is 3.29. The van der Waals surface area contributed by atoms with Crippen molar-refractivity contribution in [2.45, 2.75) is 23.9 Å².